The molecule has 2 N–H and O–H groups in total. The average Bonchev–Trinajstić information content (AvgIpc) is 2.61. The minimum Gasteiger partial charge on any atom is -0.351 e. The van der Waals surface area contributed by atoms with Crippen LogP contribution >= 0.6 is 24.0 Å². The Morgan fingerprint density at radius 2 is 2.08 bits per heavy atom. The molecule has 0 aromatic heterocycles. The van der Waals surface area contributed by atoms with Crippen molar-refractivity contribution >= 4 is 29.9 Å². The van der Waals surface area contributed by atoms with Gasteiger partial charge in [-0.3, -0.25) is 9.69 Å². The lowest BCUT2D eigenvalue weighted by Crippen LogP contribution is -2.49. The van der Waals surface area contributed by atoms with E-state index in [0.717, 1.165) is 25.2 Å². The smallest absolute Gasteiger partial charge is 0.234 e. The van der Waals surface area contributed by atoms with Crippen LogP contribution < -0.4 is 10.6 Å². The predicted octanol–water partition coefficient (Wildman–Crippen LogP) is 3.16. The molecule has 0 saturated carbocycles. The Hall–Kier alpha value is -1.66. The zero-order chi connectivity index (χ0) is 17.6. The van der Waals surface area contributed by atoms with E-state index in [2.05, 4.69) is 15.5 Å². The van der Waals surface area contributed by atoms with Crippen LogP contribution in [0, 0.1) is 5.82 Å². The maximum atomic E-state index is 13.6. The first-order valence-corrected chi connectivity index (χ1v) is 8.71. The second kappa shape index (κ2) is 9.88. The van der Waals surface area contributed by atoms with Crippen molar-refractivity contribution in [3.8, 4) is 0 Å². The molecule has 1 saturated heterocycles. The van der Waals surface area contributed by atoms with Gasteiger partial charge in [0.1, 0.15) is 5.82 Å². The number of piperazine rings is 1. The zero-order valence-electron chi connectivity index (χ0n) is 14.3. The highest BCUT2D eigenvalue weighted by molar-refractivity contribution is 6.30. The monoisotopic (exact) mass is 397 g/mol. The van der Waals surface area contributed by atoms with E-state index in [1.54, 1.807) is 18.2 Å². The molecule has 0 bridgehead atoms. The van der Waals surface area contributed by atoms with E-state index in [4.69, 9.17) is 11.6 Å². The van der Waals surface area contributed by atoms with Crippen LogP contribution in [0.15, 0.2) is 48.5 Å². The summed E-state index contributed by atoms with van der Waals surface area (Å²) in [6.45, 7) is 2.83. The third kappa shape index (κ3) is 5.42. The molecule has 0 spiro atoms. The van der Waals surface area contributed by atoms with Crippen molar-refractivity contribution in [1.29, 1.82) is 0 Å². The Balaban J connectivity index is 0.00000243. The first kappa shape index (κ1) is 20.6. The molecule has 7 heteroatoms. The molecule has 1 atom stereocenters. The third-order valence-electron chi connectivity index (χ3n) is 4.37. The molecule has 140 valence electrons. The second-order valence-electron chi connectivity index (χ2n) is 6.11. The van der Waals surface area contributed by atoms with Crippen molar-refractivity contribution in [3.05, 3.63) is 70.5 Å². The largest absolute Gasteiger partial charge is 0.351 e. The summed E-state index contributed by atoms with van der Waals surface area (Å²) in [5.41, 5.74) is 1.57. The van der Waals surface area contributed by atoms with E-state index in [0.29, 0.717) is 10.6 Å². The van der Waals surface area contributed by atoms with Crippen LogP contribution in [0.4, 0.5) is 4.39 Å². The maximum absolute atomic E-state index is 13.6. The maximum Gasteiger partial charge on any atom is 0.234 e. The molecule has 1 aliphatic heterocycles. The van der Waals surface area contributed by atoms with Gasteiger partial charge in [0.25, 0.3) is 0 Å². The minimum atomic E-state index is -0.304. The van der Waals surface area contributed by atoms with Gasteiger partial charge in [0.15, 0.2) is 0 Å². The number of nitrogens with zero attached hydrogens (tertiary/aromatic N) is 1. The van der Waals surface area contributed by atoms with E-state index < -0.39 is 0 Å². The summed E-state index contributed by atoms with van der Waals surface area (Å²) in [5, 5.41) is 6.85. The van der Waals surface area contributed by atoms with Crippen LogP contribution in [0.2, 0.25) is 5.02 Å². The average molecular weight is 398 g/mol. The van der Waals surface area contributed by atoms with E-state index >= 15 is 0 Å². The normalized spacial score (nSPS) is 17.4. The fourth-order valence-electron chi connectivity index (χ4n) is 3.05. The Morgan fingerprint density at radius 3 is 2.85 bits per heavy atom. The molecule has 4 nitrogen and oxygen atoms in total. The molecular formula is C19H22Cl2FN3O. The molecule has 1 heterocycles. The first-order chi connectivity index (χ1) is 12.1. The molecule has 1 fully saturated rings. The van der Waals surface area contributed by atoms with Crippen LogP contribution in [-0.4, -0.2) is 37.0 Å². The fourth-order valence-corrected chi connectivity index (χ4v) is 3.25. The molecule has 2 aromatic rings. The van der Waals surface area contributed by atoms with Gasteiger partial charge < -0.3 is 10.6 Å². The number of rotatable bonds is 5. The Kier molecular flexibility index (Phi) is 7.85. The quantitative estimate of drug-likeness (QED) is 0.814. The molecule has 1 aliphatic rings. The summed E-state index contributed by atoms with van der Waals surface area (Å²) in [6, 6.07) is 14.3. The molecule has 1 unspecified atom stereocenters. The van der Waals surface area contributed by atoms with Gasteiger partial charge in [0, 0.05) is 42.8 Å². The molecule has 2 aromatic carbocycles. The molecule has 1 amide bonds. The van der Waals surface area contributed by atoms with Crippen LogP contribution in [-0.2, 0) is 11.3 Å². The lowest BCUT2D eigenvalue weighted by atomic mass is 10.0. The number of carbonyl (C=O) groups excluding carboxylic acids is 1. The minimum absolute atomic E-state index is 0. The topological polar surface area (TPSA) is 44.4 Å². The van der Waals surface area contributed by atoms with Crippen molar-refractivity contribution in [2.24, 2.45) is 0 Å². The highest BCUT2D eigenvalue weighted by Crippen LogP contribution is 2.24. The van der Waals surface area contributed by atoms with Crippen molar-refractivity contribution in [2.75, 3.05) is 26.2 Å². The Morgan fingerprint density at radius 1 is 1.27 bits per heavy atom. The SMILES string of the molecule is Cl.O=C(CN1CCNCC1c1cccc(Cl)c1)NCc1ccccc1F. The van der Waals surface area contributed by atoms with E-state index in [1.165, 1.54) is 6.07 Å². The van der Waals surface area contributed by atoms with Gasteiger partial charge in [-0.25, -0.2) is 4.39 Å². The fraction of sp³-hybridized carbons (Fsp3) is 0.316. The predicted molar refractivity (Wildman–Crippen MR) is 104 cm³/mol. The standard InChI is InChI=1S/C19H21ClFN3O.ClH/c20-16-6-3-5-14(10-16)18-12-22-8-9-24(18)13-19(25)23-11-15-4-1-2-7-17(15)21;/h1-7,10,18,22H,8-9,11-13H2,(H,23,25);1H. The lowest BCUT2D eigenvalue weighted by molar-refractivity contribution is -0.123. The van der Waals surface area contributed by atoms with Gasteiger partial charge in [-0.05, 0) is 23.8 Å². The number of benzene rings is 2. The van der Waals surface area contributed by atoms with Gasteiger partial charge in [-0.1, -0.05) is 41.9 Å². The van der Waals surface area contributed by atoms with Crippen LogP contribution in [0.25, 0.3) is 0 Å². The summed E-state index contributed by atoms with van der Waals surface area (Å²) in [4.78, 5) is 14.4. The van der Waals surface area contributed by atoms with E-state index in [1.807, 2.05) is 24.3 Å². The molecule has 3 rings (SSSR count). The first-order valence-electron chi connectivity index (χ1n) is 8.34. The number of nitrogens with one attached hydrogen (secondary N) is 2. The highest BCUT2D eigenvalue weighted by Gasteiger charge is 2.25. The van der Waals surface area contributed by atoms with Crippen LogP contribution in [0.5, 0.6) is 0 Å². The van der Waals surface area contributed by atoms with Gasteiger partial charge in [0.2, 0.25) is 5.91 Å². The highest BCUT2D eigenvalue weighted by atomic mass is 35.5. The van der Waals surface area contributed by atoms with Crippen molar-refractivity contribution < 1.29 is 9.18 Å². The van der Waals surface area contributed by atoms with Crippen LogP contribution in [0.1, 0.15) is 17.2 Å². The summed E-state index contributed by atoms with van der Waals surface area (Å²) in [6.07, 6.45) is 0. The lowest BCUT2D eigenvalue weighted by Gasteiger charge is -2.36. The molecule has 26 heavy (non-hydrogen) atoms. The number of hydrogen-bond donors (Lipinski definition) is 2. The summed E-state index contributed by atoms with van der Waals surface area (Å²) >= 11 is 6.10. The summed E-state index contributed by atoms with van der Waals surface area (Å²) in [5.74, 6) is -0.418. The van der Waals surface area contributed by atoms with Gasteiger partial charge >= 0.3 is 0 Å². The summed E-state index contributed by atoms with van der Waals surface area (Å²) < 4.78 is 13.6. The van der Waals surface area contributed by atoms with E-state index in [-0.39, 0.29) is 43.3 Å². The number of carbonyl (C=O) groups is 1. The molecular weight excluding hydrogens is 376 g/mol. The zero-order valence-corrected chi connectivity index (χ0v) is 15.8. The number of amides is 1. The van der Waals surface area contributed by atoms with Gasteiger partial charge in [-0.15, -0.1) is 12.4 Å². The number of hydrogen-bond acceptors (Lipinski definition) is 3. The number of halogens is 3. The second-order valence-corrected chi connectivity index (χ2v) is 6.55. The van der Waals surface area contributed by atoms with Crippen molar-refractivity contribution in [3.63, 3.8) is 0 Å². The van der Waals surface area contributed by atoms with Crippen LogP contribution in [0.3, 0.4) is 0 Å². The molecule has 0 aliphatic carbocycles. The Labute approximate surface area is 164 Å². The summed E-state index contributed by atoms with van der Waals surface area (Å²) in [7, 11) is 0. The van der Waals surface area contributed by atoms with Crippen molar-refractivity contribution in [1.82, 2.24) is 15.5 Å². The molecule has 0 radical (unpaired) electrons. The van der Waals surface area contributed by atoms with E-state index in [9.17, 15) is 9.18 Å². The third-order valence-corrected chi connectivity index (χ3v) is 4.60. The van der Waals surface area contributed by atoms with Gasteiger partial charge in [-0.2, -0.15) is 0 Å². The Bertz CT molecular complexity index is 744. The van der Waals surface area contributed by atoms with Crippen molar-refractivity contribution in [2.45, 2.75) is 12.6 Å². The van der Waals surface area contributed by atoms with Gasteiger partial charge in [0.05, 0.1) is 6.54 Å².